The number of aromatic nitrogens is 1. The number of nitrogens with zero attached hydrogens (tertiary/aromatic N) is 3. The summed E-state index contributed by atoms with van der Waals surface area (Å²) in [4.78, 5) is 7.18. The number of piperazine rings is 1. The molecular formula is C16H22N4. The fourth-order valence-corrected chi connectivity index (χ4v) is 3.29. The van der Waals surface area contributed by atoms with Crippen LogP contribution in [0.5, 0.6) is 0 Å². The molecule has 2 heterocycles. The molecule has 0 bridgehead atoms. The van der Waals surface area contributed by atoms with Crippen LogP contribution in [0.3, 0.4) is 0 Å². The Morgan fingerprint density at radius 2 is 2.15 bits per heavy atom. The molecule has 0 atom stereocenters. The van der Waals surface area contributed by atoms with Gasteiger partial charge in [0.1, 0.15) is 11.9 Å². The maximum Gasteiger partial charge on any atom is 0.147 e. The van der Waals surface area contributed by atoms with Crippen molar-refractivity contribution >= 4 is 5.82 Å². The number of hydrogen-bond acceptors (Lipinski definition) is 4. The Labute approximate surface area is 120 Å². The Hall–Kier alpha value is -1.60. The van der Waals surface area contributed by atoms with E-state index in [2.05, 4.69) is 36.2 Å². The molecule has 1 fully saturated rings. The zero-order valence-electron chi connectivity index (χ0n) is 12.4. The minimum atomic E-state index is -0.000245. The van der Waals surface area contributed by atoms with E-state index in [1.54, 1.807) is 0 Å². The van der Waals surface area contributed by atoms with E-state index < -0.39 is 0 Å². The minimum absolute atomic E-state index is 0.000245. The summed E-state index contributed by atoms with van der Waals surface area (Å²) in [6.45, 7) is 7.21. The predicted molar refractivity (Wildman–Crippen MR) is 79.9 cm³/mol. The van der Waals surface area contributed by atoms with Crippen molar-refractivity contribution in [2.75, 3.05) is 24.5 Å². The van der Waals surface area contributed by atoms with Crippen molar-refractivity contribution in [1.29, 1.82) is 5.26 Å². The van der Waals surface area contributed by atoms with E-state index in [1.807, 2.05) is 0 Å². The minimum Gasteiger partial charge on any atom is -0.348 e. The fraction of sp³-hybridized carbons (Fsp3) is 0.625. The van der Waals surface area contributed by atoms with E-state index in [1.165, 1.54) is 24.1 Å². The van der Waals surface area contributed by atoms with Crippen molar-refractivity contribution in [2.24, 2.45) is 0 Å². The van der Waals surface area contributed by atoms with Gasteiger partial charge >= 0.3 is 0 Å². The van der Waals surface area contributed by atoms with E-state index in [0.717, 1.165) is 43.9 Å². The van der Waals surface area contributed by atoms with Crippen LogP contribution in [0.15, 0.2) is 6.07 Å². The molecule has 1 aliphatic heterocycles. The second kappa shape index (κ2) is 5.06. The molecule has 2 aliphatic rings. The number of rotatable bonds is 1. The molecule has 0 amide bonds. The first-order valence-corrected chi connectivity index (χ1v) is 7.53. The number of nitrogens with one attached hydrogen (secondary N) is 1. The van der Waals surface area contributed by atoms with Crippen molar-refractivity contribution in [2.45, 2.75) is 45.1 Å². The van der Waals surface area contributed by atoms with Crippen LogP contribution in [0.4, 0.5) is 5.82 Å². The standard InChI is InChI=1S/C16H22N4/c1-16(2)11-18-7-8-20(16)15-13(10-17)9-12-5-3-4-6-14(12)19-15/h9,18H,3-8,11H2,1-2H3. The maximum atomic E-state index is 9.49. The van der Waals surface area contributed by atoms with Gasteiger partial charge in [-0.3, -0.25) is 0 Å². The lowest BCUT2D eigenvalue weighted by atomic mass is 9.93. The summed E-state index contributed by atoms with van der Waals surface area (Å²) in [6, 6.07) is 4.43. The summed E-state index contributed by atoms with van der Waals surface area (Å²) >= 11 is 0. The summed E-state index contributed by atoms with van der Waals surface area (Å²) in [5, 5.41) is 12.9. The first-order valence-electron chi connectivity index (χ1n) is 7.53. The predicted octanol–water partition coefficient (Wildman–Crippen LogP) is 2.02. The van der Waals surface area contributed by atoms with Crippen LogP contribution in [0.25, 0.3) is 0 Å². The highest BCUT2D eigenvalue weighted by atomic mass is 15.3. The fourth-order valence-electron chi connectivity index (χ4n) is 3.29. The molecule has 0 unspecified atom stereocenters. The molecule has 3 rings (SSSR count). The molecule has 0 aromatic carbocycles. The molecule has 1 saturated heterocycles. The molecule has 0 radical (unpaired) electrons. The summed E-state index contributed by atoms with van der Waals surface area (Å²) in [5.41, 5.74) is 3.23. The van der Waals surface area contributed by atoms with Gasteiger partial charge in [-0.1, -0.05) is 0 Å². The molecular weight excluding hydrogens is 248 g/mol. The average Bonchev–Trinajstić information content (AvgIpc) is 2.45. The van der Waals surface area contributed by atoms with E-state index in [9.17, 15) is 5.26 Å². The van der Waals surface area contributed by atoms with Crippen molar-refractivity contribution in [3.63, 3.8) is 0 Å². The largest absolute Gasteiger partial charge is 0.348 e. The van der Waals surface area contributed by atoms with E-state index >= 15 is 0 Å². The molecule has 1 aromatic heterocycles. The quantitative estimate of drug-likeness (QED) is 0.848. The van der Waals surface area contributed by atoms with Gasteiger partial charge < -0.3 is 10.2 Å². The van der Waals surface area contributed by atoms with Crippen LogP contribution in [-0.2, 0) is 12.8 Å². The van der Waals surface area contributed by atoms with Crippen LogP contribution in [0, 0.1) is 11.3 Å². The highest BCUT2D eigenvalue weighted by molar-refractivity contribution is 5.58. The van der Waals surface area contributed by atoms with Gasteiger partial charge in [0.15, 0.2) is 0 Å². The second-order valence-electron chi connectivity index (χ2n) is 6.43. The highest BCUT2D eigenvalue weighted by Gasteiger charge is 2.32. The SMILES string of the molecule is CC1(C)CNCCN1c1nc2c(cc1C#N)CCCC2. The smallest absolute Gasteiger partial charge is 0.147 e. The van der Waals surface area contributed by atoms with Gasteiger partial charge in [0.05, 0.1) is 5.56 Å². The van der Waals surface area contributed by atoms with Crippen LogP contribution in [0.2, 0.25) is 0 Å². The zero-order valence-corrected chi connectivity index (χ0v) is 12.4. The third kappa shape index (κ3) is 2.27. The zero-order chi connectivity index (χ0) is 14.2. The van der Waals surface area contributed by atoms with Crippen molar-refractivity contribution in [1.82, 2.24) is 10.3 Å². The van der Waals surface area contributed by atoms with Gasteiger partial charge in [0.2, 0.25) is 0 Å². The van der Waals surface area contributed by atoms with Gasteiger partial charge in [-0.05, 0) is 51.2 Å². The summed E-state index contributed by atoms with van der Waals surface area (Å²) in [5.74, 6) is 0.889. The highest BCUT2D eigenvalue weighted by Crippen LogP contribution is 2.30. The second-order valence-corrected chi connectivity index (χ2v) is 6.43. The Morgan fingerprint density at radius 1 is 1.35 bits per heavy atom. The molecule has 4 heteroatoms. The first kappa shape index (κ1) is 13.4. The third-order valence-electron chi connectivity index (χ3n) is 4.46. The van der Waals surface area contributed by atoms with Gasteiger partial charge in [-0.2, -0.15) is 5.26 Å². The van der Waals surface area contributed by atoms with Crippen LogP contribution in [0.1, 0.15) is 43.5 Å². The van der Waals surface area contributed by atoms with Crippen LogP contribution in [-0.4, -0.2) is 30.2 Å². The number of anilines is 1. The van der Waals surface area contributed by atoms with E-state index in [-0.39, 0.29) is 5.54 Å². The normalized spacial score (nSPS) is 21.1. The lowest BCUT2D eigenvalue weighted by Crippen LogP contribution is -2.58. The Morgan fingerprint density at radius 3 is 2.90 bits per heavy atom. The number of hydrogen-bond donors (Lipinski definition) is 1. The molecule has 1 N–H and O–H groups in total. The Balaban J connectivity index is 2.06. The van der Waals surface area contributed by atoms with E-state index in [4.69, 9.17) is 4.98 Å². The van der Waals surface area contributed by atoms with E-state index in [0.29, 0.717) is 0 Å². The van der Waals surface area contributed by atoms with Crippen LogP contribution >= 0.6 is 0 Å². The van der Waals surface area contributed by atoms with Crippen molar-refractivity contribution < 1.29 is 0 Å². The van der Waals surface area contributed by atoms with Crippen molar-refractivity contribution in [3.05, 3.63) is 22.9 Å². The van der Waals surface area contributed by atoms with Gasteiger partial charge in [-0.15, -0.1) is 0 Å². The average molecular weight is 270 g/mol. The Kier molecular flexibility index (Phi) is 3.39. The molecule has 106 valence electrons. The van der Waals surface area contributed by atoms with Gasteiger partial charge in [0, 0.05) is 30.9 Å². The van der Waals surface area contributed by atoms with Crippen LogP contribution < -0.4 is 10.2 Å². The topological polar surface area (TPSA) is 52.0 Å². The first-order chi connectivity index (χ1) is 9.62. The summed E-state index contributed by atoms with van der Waals surface area (Å²) in [6.07, 6.45) is 4.57. The Bertz CT molecular complexity index is 556. The monoisotopic (exact) mass is 270 g/mol. The lowest BCUT2D eigenvalue weighted by molar-refractivity contribution is 0.377. The van der Waals surface area contributed by atoms with Gasteiger partial charge in [0.25, 0.3) is 0 Å². The molecule has 0 spiro atoms. The van der Waals surface area contributed by atoms with Crippen molar-refractivity contribution in [3.8, 4) is 6.07 Å². The maximum absolute atomic E-state index is 9.49. The molecule has 0 saturated carbocycles. The van der Waals surface area contributed by atoms with Gasteiger partial charge in [-0.25, -0.2) is 4.98 Å². The summed E-state index contributed by atoms with van der Waals surface area (Å²) < 4.78 is 0. The third-order valence-corrected chi connectivity index (χ3v) is 4.46. The number of aryl methyl sites for hydroxylation is 2. The number of pyridine rings is 1. The summed E-state index contributed by atoms with van der Waals surface area (Å²) in [7, 11) is 0. The molecule has 1 aliphatic carbocycles. The molecule has 1 aromatic rings. The molecule has 20 heavy (non-hydrogen) atoms. The molecule has 4 nitrogen and oxygen atoms in total. The lowest BCUT2D eigenvalue weighted by Gasteiger charge is -2.44. The number of nitriles is 1. The number of fused-ring (bicyclic) bond motifs is 1.